The molecule has 1 nitrogen and oxygen atoms in total. The molecule has 1 aliphatic carbocycles. The minimum Gasteiger partial charge on any atom is -0.299 e. The van der Waals surface area contributed by atoms with Crippen molar-refractivity contribution in [1.29, 1.82) is 0 Å². The van der Waals surface area contributed by atoms with Gasteiger partial charge in [-0.1, -0.05) is 69.1 Å². The van der Waals surface area contributed by atoms with Gasteiger partial charge in [0.2, 0.25) is 0 Å². The highest BCUT2D eigenvalue weighted by Crippen LogP contribution is 2.58. The number of aryl methyl sites for hydroxylation is 1. The molecule has 1 aliphatic rings. The molecule has 0 aliphatic heterocycles. The van der Waals surface area contributed by atoms with Gasteiger partial charge in [-0.15, -0.1) is 0 Å². The minimum absolute atomic E-state index is 0. The zero-order valence-electron chi connectivity index (χ0n) is 29.4. The quantitative estimate of drug-likeness (QED) is 0.416. The molecule has 0 saturated heterocycles. The van der Waals surface area contributed by atoms with Gasteiger partial charge in [0, 0.05) is 61.0 Å². The summed E-state index contributed by atoms with van der Waals surface area (Å²) in [7, 11) is 2.22. The van der Waals surface area contributed by atoms with Crippen LogP contribution in [0.2, 0.25) is 10.0 Å². The molecule has 2 aromatic carbocycles. The largest absolute Gasteiger partial charge is 0.299 e. The van der Waals surface area contributed by atoms with E-state index in [4.69, 9.17) is 39.4 Å². The van der Waals surface area contributed by atoms with Crippen molar-refractivity contribution in [2.75, 3.05) is 13.6 Å². The number of hydrogen-bond acceptors (Lipinski definition) is 1. The van der Waals surface area contributed by atoms with Gasteiger partial charge in [0.05, 0.1) is 11.4 Å². The summed E-state index contributed by atoms with van der Waals surface area (Å²) < 4.78 is 58.9. The number of benzene rings is 2. The molecule has 210 valence electrons. The van der Waals surface area contributed by atoms with Crippen LogP contribution in [-0.4, -0.2) is 18.5 Å². The monoisotopic (exact) mass is 487 g/mol. The lowest BCUT2D eigenvalue weighted by atomic mass is 9.57. The summed E-state index contributed by atoms with van der Waals surface area (Å²) in [5.41, 5.74) is 7.18. The smallest absolute Gasteiger partial charge is 0.0642 e. The van der Waals surface area contributed by atoms with Gasteiger partial charge >= 0.3 is 0 Å². The van der Waals surface area contributed by atoms with Gasteiger partial charge < -0.3 is 0 Å². The number of hydrogen-bond donors (Lipinski definition) is 0. The first kappa shape index (κ1) is 14.9. The molecule has 1 unspecified atom stereocenters. The summed E-state index contributed by atoms with van der Waals surface area (Å²) in [6.45, 7) is 16.6. The normalized spacial score (nSPS) is 25.7. The van der Waals surface area contributed by atoms with Crippen LogP contribution >= 0.6 is 23.2 Å². The molecule has 2 aromatic rings. The lowest BCUT2D eigenvalue weighted by Gasteiger charge is -2.53. The van der Waals surface area contributed by atoms with Crippen LogP contribution in [-0.2, 0) is 0 Å². The van der Waals surface area contributed by atoms with Gasteiger partial charge in [0.15, 0.2) is 0 Å². The first-order valence-corrected chi connectivity index (χ1v) is 11.0. The Morgan fingerprint density at radius 3 is 2.46 bits per heavy atom. The zero-order chi connectivity index (χ0) is 31.8. The fraction of sp³-hybridized carbons (Fsp3) is 0.520. The molecule has 3 heteroatoms. The molecule has 0 heterocycles. The molecule has 0 amide bonds. The lowest BCUT2D eigenvalue weighted by molar-refractivity contribution is 0.0444. The average Bonchev–Trinajstić information content (AvgIpc) is 2.98. The third kappa shape index (κ3) is 3.20. The van der Waals surface area contributed by atoms with Crippen LogP contribution < -0.4 is 0 Å². The van der Waals surface area contributed by atoms with Crippen LogP contribution in [0, 0.1) is 32.1 Å². The fourth-order valence-corrected chi connectivity index (χ4v) is 5.59. The SMILES string of the molecule is [2H][2H].[2H][2H].[2H][2H].[2H][2H].[2H][2H].[2H]c1c(Cl)c(Cl)c(C)c(C)c1[C@H]1c2cccc(C)c2[C@@H](N(C)CC)C(C)(C)C1C.[HH].[HH].[HH].[HH].[HH].[HH].[HH].[HH].[HH].[HH].[HH].[HH].[HH].[HH].[HH].[HH].[HH].[HH].[HH].[HH].[HH].[HH].[HH].[HH]. The van der Waals surface area contributed by atoms with E-state index in [-0.39, 0.29) is 45.6 Å². The van der Waals surface area contributed by atoms with Crippen molar-refractivity contribution >= 4 is 23.2 Å². The second kappa shape index (κ2) is 7.67. The molecule has 0 N–H and O–H groups in total. The van der Waals surface area contributed by atoms with Crippen LogP contribution in [0.3, 0.4) is 0 Å². The Balaban J connectivity index is -0.0000000143. The molecule has 3 rings (SSSR count). The van der Waals surface area contributed by atoms with Crippen molar-refractivity contribution in [3.05, 3.63) is 67.7 Å². The second-order valence-electron chi connectivity index (χ2n) is 9.06. The molecule has 0 fully saturated rings. The molecule has 0 radical (unpaired) electrons. The topological polar surface area (TPSA) is 3.24 Å². The van der Waals surface area contributed by atoms with E-state index in [2.05, 4.69) is 71.7 Å². The maximum Gasteiger partial charge on any atom is 0.0642 e. The Kier molecular flexibility index (Phi) is 4.08. The second-order valence-corrected chi connectivity index (χ2v) is 9.81. The van der Waals surface area contributed by atoms with Crippen LogP contribution in [0.15, 0.2) is 24.2 Å². The highest BCUT2D eigenvalue weighted by Gasteiger charge is 2.48. The summed E-state index contributed by atoms with van der Waals surface area (Å²) in [4.78, 5) is 2.47. The fourth-order valence-electron chi connectivity index (χ4n) is 5.15. The standard InChI is InChI=1S/C25H33Cl2N.29H2/c1-9-28(8)24-21-14(2)11-10-12-18(21)22(17(5)25(24,6)7)19-13-20(26)23(27)16(4)15(19)3;;;;;;;;;;;;;;;;;;;;;;;;;;;;;/h10-13,17,22,24H,9H2,1-8H3;29*1H/t17?,22-,24-;;;;;;;;;;;;;;;;;;;;;;;;;;;;;/m1............................./s1/i13D;5*1+1D;;;;;;;;;;;;;;;;;;;;;;;;. The molecule has 0 spiro atoms. The summed E-state index contributed by atoms with van der Waals surface area (Å²) >= 11 is 13.0. The molecular weight excluding hydrogens is 385 g/mol. The van der Waals surface area contributed by atoms with Crippen molar-refractivity contribution in [2.45, 2.75) is 60.4 Å². The van der Waals surface area contributed by atoms with E-state index in [0.717, 1.165) is 23.2 Å². The minimum atomic E-state index is 0. The summed E-state index contributed by atoms with van der Waals surface area (Å²) in [5, 5.41) is 0.880. The zero-order valence-corrected chi connectivity index (χ0v) is 19.9. The number of nitrogens with zero attached hydrogens (tertiary/aromatic N) is 1. The highest BCUT2D eigenvalue weighted by molar-refractivity contribution is 6.42. The Hall–Kier alpha value is -1.02. The van der Waals surface area contributed by atoms with E-state index in [0.29, 0.717) is 28.0 Å². The predicted molar refractivity (Wildman–Crippen MR) is 184 cm³/mol. The maximum absolute atomic E-state index is 8.87. The number of fused-ring (bicyclic) bond motifs is 1. The van der Waals surface area contributed by atoms with Crippen molar-refractivity contribution in [3.8, 4) is 0 Å². The van der Waals surface area contributed by atoms with E-state index in [9.17, 15) is 0 Å². The molecule has 3 atom stereocenters. The van der Waals surface area contributed by atoms with E-state index in [1.54, 1.807) is 0 Å². The first-order chi connectivity index (χ1) is 18.5. The van der Waals surface area contributed by atoms with E-state index in [1.165, 1.54) is 16.7 Å². The average molecular weight is 488 g/mol. The van der Waals surface area contributed by atoms with Gasteiger partial charge in [0.25, 0.3) is 0 Å². The van der Waals surface area contributed by atoms with Crippen molar-refractivity contribution in [1.82, 2.24) is 4.90 Å². The van der Waals surface area contributed by atoms with Crippen LogP contribution in [0.5, 0.6) is 0 Å². The van der Waals surface area contributed by atoms with Crippen molar-refractivity contribution in [3.63, 3.8) is 0 Å². The Bertz CT molecular complexity index is 977. The summed E-state index contributed by atoms with van der Waals surface area (Å²) in [6, 6.07) is 7.33. The van der Waals surface area contributed by atoms with Crippen molar-refractivity contribution in [2.24, 2.45) is 11.3 Å². The Labute approximate surface area is 233 Å². The molecule has 0 bridgehead atoms. The first-order valence-electron chi connectivity index (χ1n) is 15.7. The third-order valence-electron chi connectivity index (χ3n) is 7.33. The van der Waals surface area contributed by atoms with Gasteiger partial charge in [-0.25, -0.2) is 0 Å². The maximum atomic E-state index is 8.87. The van der Waals surface area contributed by atoms with E-state index >= 15 is 0 Å². The Morgan fingerprint density at radius 2 is 1.86 bits per heavy atom. The molecule has 0 saturated carbocycles. The predicted octanol–water partition coefficient (Wildman–Crippen LogP) is 14.9. The Morgan fingerprint density at radius 1 is 1.21 bits per heavy atom. The summed E-state index contributed by atoms with van der Waals surface area (Å²) in [6.07, 6.45) is 0. The van der Waals surface area contributed by atoms with Crippen LogP contribution in [0.4, 0.5) is 0 Å². The molecule has 0 aromatic heterocycles. The molecular formula is C25H91Cl2N. The third-order valence-corrected chi connectivity index (χ3v) is 8.18. The summed E-state index contributed by atoms with van der Waals surface area (Å²) in [5.74, 6) is 0.442. The van der Waals surface area contributed by atoms with Gasteiger partial charge in [0.1, 0.15) is 0 Å². The number of rotatable bonds is 3. The molecule has 28 heavy (non-hydrogen) atoms. The number of halogens is 2. The highest BCUT2D eigenvalue weighted by atomic mass is 35.5. The lowest BCUT2D eigenvalue weighted by Crippen LogP contribution is -2.46. The van der Waals surface area contributed by atoms with Gasteiger partial charge in [-0.05, 0) is 85.1 Å². The van der Waals surface area contributed by atoms with Crippen LogP contribution in [0.25, 0.3) is 0 Å². The van der Waals surface area contributed by atoms with Crippen molar-refractivity contribution < 1.29 is 50.5 Å². The van der Waals surface area contributed by atoms with Crippen LogP contribution in [0.1, 0.15) is 123 Å². The van der Waals surface area contributed by atoms with E-state index in [1.807, 2.05) is 6.92 Å². The van der Waals surface area contributed by atoms with Gasteiger partial charge in [-0.3, -0.25) is 4.90 Å². The van der Waals surface area contributed by atoms with E-state index < -0.39 is 0 Å². The van der Waals surface area contributed by atoms with Gasteiger partial charge in [-0.2, -0.15) is 0 Å².